The minimum atomic E-state index is -3.08. The lowest BCUT2D eigenvalue weighted by atomic mass is 10.1. The predicted octanol–water partition coefficient (Wildman–Crippen LogP) is 1.32. The summed E-state index contributed by atoms with van der Waals surface area (Å²) in [6.07, 6.45) is 1.14. The number of hydrogen-bond acceptors (Lipinski definition) is 4. The van der Waals surface area contributed by atoms with E-state index in [0.29, 0.717) is 11.3 Å². The van der Waals surface area contributed by atoms with Crippen molar-refractivity contribution in [3.63, 3.8) is 0 Å². The van der Waals surface area contributed by atoms with Crippen LogP contribution in [0.4, 0.5) is 0 Å². The fourth-order valence-corrected chi connectivity index (χ4v) is 2.36. The lowest BCUT2D eigenvalue weighted by molar-refractivity contribution is 0.0955. The summed E-state index contributed by atoms with van der Waals surface area (Å²) in [7, 11) is -3.08. The van der Waals surface area contributed by atoms with Crippen LogP contribution in [0.3, 0.4) is 0 Å². The molecule has 0 saturated carbocycles. The van der Waals surface area contributed by atoms with Crippen molar-refractivity contribution in [3.05, 3.63) is 41.6 Å². The van der Waals surface area contributed by atoms with E-state index in [1.165, 1.54) is 0 Å². The first-order chi connectivity index (χ1) is 9.37. The van der Waals surface area contributed by atoms with Crippen molar-refractivity contribution in [3.8, 4) is 0 Å². The van der Waals surface area contributed by atoms with Crippen molar-refractivity contribution in [2.45, 2.75) is 6.92 Å². The highest BCUT2D eigenvalue weighted by molar-refractivity contribution is 7.90. The quantitative estimate of drug-likeness (QED) is 0.922. The third-order valence-corrected chi connectivity index (χ3v) is 3.86. The molecule has 1 aromatic heterocycles. The second-order valence-corrected chi connectivity index (χ2v) is 6.96. The van der Waals surface area contributed by atoms with Crippen molar-refractivity contribution in [1.29, 1.82) is 0 Å². The molecule has 0 fully saturated rings. The molecule has 1 aromatic carbocycles. The van der Waals surface area contributed by atoms with E-state index in [2.05, 4.69) is 10.3 Å². The third kappa shape index (κ3) is 3.54. The van der Waals surface area contributed by atoms with Gasteiger partial charge in [-0.15, -0.1) is 0 Å². The molecule has 0 radical (unpaired) electrons. The molecule has 1 N–H and O–H groups in total. The summed E-state index contributed by atoms with van der Waals surface area (Å²) in [5.41, 5.74) is 1.93. The molecule has 1 heterocycles. The first-order valence-corrected chi connectivity index (χ1v) is 8.25. The average molecular weight is 292 g/mol. The maximum atomic E-state index is 12.0. The first-order valence-electron chi connectivity index (χ1n) is 6.19. The van der Waals surface area contributed by atoms with Gasteiger partial charge in [0.05, 0.1) is 22.5 Å². The summed E-state index contributed by atoms with van der Waals surface area (Å²) in [4.78, 5) is 16.4. The van der Waals surface area contributed by atoms with Crippen LogP contribution in [0, 0.1) is 6.92 Å². The van der Waals surface area contributed by atoms with Crippen LogP contribution in [0.1, 0.15) is 16.1 Å². The molecule has 0 atom stereocenters. The Kier molecular flexibility index (Phi) is 4.04. The number of amides is 1. The highest BCUT2D eigenvalue weighted by Gasteiger charge is 2.12. The average Bonchev–Trinajstić information content (AvgIpc) is 2.36. The Morgan fingerprint density at radius 1 is 1.30 bits per heavy atom. The molecule has 6 heteroatoms. The maximum Gasteiger partial charge on any atom is 0.253 e. The van der Waals surface area contributed by atoms with Crippen LogP contribution in [0.15, 0.2) is 30.3 Å². The fraction of sp³-hybridized carbons (Fsp3) is 0.286. The van der Waals surface area contributed by atoms with Crippen molar-refractivity contribution in [1.82, 2.24) is 10.3 Å². The van der Waals surface area contributed by atoms with Gasteiger partial charge in [-0.2, -0.15) is 0 Å². The number of para-hydroxylation sites is 1. The Morgan fingerprint density at radius 2 is 2.00 bits per heavy atom. The number of aromatic nitrogens is 1. The molecule has 0 aliphatic heterocycles. The monoisotopic (exact) mass is 292 g/mol. The number of sulfone groups is 1. The van der Waals surface area contributed by atoms with Gasteiger partial charge in [0.15, 0.2) is 0 Å². The molecule has 20 heavy (non-hydrogen) atoms. The van der Waals surface area contributed by atoms with E-state index in [1.54, 1.807) is 13.0 Å². The Morgan fingerprint density at radius 3 is 2.70 bits per heavy atom. The number of nitrogens with one attached hydrogen (secondary N) is 1. The smallest absolute Gasteiger partial charge is 0.253 e. The summed E-state index contributed by atoms with van der Waals surface area (Å²) in [5.74, 6) is -0.372. The van der Waals surface area contributed by atoms with Crippen LogP contribution in [-0.4, -0.2) is 37.9 Å². The first kappa shape index (κ1) is 14.5. The van der Waals surface area contributed by atoms with Gasteiger partial charge in [0.25, 0.3) is 5.91 Å². The summed E-state index contributed by atoms with van der Waals surface area (Å²) >= 11 is 0. The molecule has 2 rings (SSSR count). The van der Waals surface area contributed by atoms with Crippen molar-refractivity contribution >= 4 is 26.6 Å². The second-order valence-electron chi connectivity index (χ2n) is 4.70. The topological polar surface area (TPSA) is 76.1 Å². The van der Waals surface area contributed by atoms with Gasteiger partial charge in [0.2, 0.25) is 0 Å². The molecule has 0 spiro atoms. The van der Waals surface area contributed by atoms with Gasteiger partial charge in [0.1, 0.15) is 9.84 Å². The van der Waals surface area contributed by atoms with E-state index in [9.17, 15) is 13.2 Å². The summed E-state index contributed by atoms with van der Waals surface area (Å²) in [6, 6.07) is 9.31. The zero-order valence-electron chi connectivity index (χ0n) is 11.4. The van der Waals surface area contributed by atoms with Crippen molar-refractivity contribution < 1.29 is 13.2 Å². The summed E-state index contributed by atoms with van der Waals surface area (Å²) in [5, 5.41) is 3.48. The molecular formula is C14H16N2O3S. The van der Waals surface area contributed by atoms with Gasteiger partial charge in [-0.05, 0) is 19.1 Å². The highest BCUT2D eigenvalue weighted by Crippen LogP contribution is 2.16. The van der Waals surface area contributed by atoms with Crippen LogP contribution in [0.2, 0.25) is 0 Å². The van der Waals surface area contributed by atoms with Crippen molar-refractivity contribution in [2.24, 2.45) is 0 Å². The van der Waals surface area contributed by atoms with Gasteiger partial charge in [0, 0.05) is 18.2 Å². The highest BCUT2D eigenvalue weighted by atomic mass is 32.2. The lowest BCUT2D eigenvalue weighted by Gasteiger charge is -2.08. The van der Waals surface area contributed by atoms with Gasteiger partial charge >= 0.3 is 0 Å². The van der Waals surface area contributed by atoms with Gasteiger partial charge in [-0.25, -0.2) is 8.42 Å². The third-order valence-electron chi connectivity index (χ3n) is 2.92. The number of aryl methyl sites for hydroxylation is 1. The molecule has 0 saturated heterocycles. The number of hydrogen-bond donors (Lipinski definition) is 1. The second kappa shape index (κ2) is 5.58. The predicted molar refractivity (Wildman–Crippen MR) is 78.5 cm³/mol. The van der Waals surface area contributed by atoms with Crippen LogP contribution < -0.4 is 5.32 Å². The number of carbonyl (C=O) groups is 1. The number of rotatable bonds is 4. The van der Waals surface area contributed by atoms with Crippen LogP contribution in [-0.2, 0) is 9.84 Å². The van der Waals surface area contributed by atoms with E-state index < -0.39 is 9.84 Å². The normalized spacial score (nSPS) is 11.5. The lowest BCUT2D eigenvalue weighted by Crippen LogP contribution is -2.29. The van der Waals surface area contributed by atoms with E-state index >= 15 is 0 Å². The Labute approximate surface area is 117 Å². The fourth-order valence-electron chi connectivity index (χ4n) is 1.89. The minimum Gasteiger partial charge on any atom is -0.351 e. The Hall–Kier alpha value is -1.95. The van der Waals surface area contributed by atoms with Crippen LogP contribution in [0.5, 0.6) is 0 Å². The number of carbonyl (C=O) groups excluding carboxylic acids is 1. The van der Waals surface area contributed by atoms with E-state index in [0.717, 1.165) is 17.2 Å². The molecule has 5 nitrogen and oxygen atoms in total. The van der Waals surface area contributed by atoms with E-state index in [1.807, 2.05) is 24.3 Å². The molecule has 1 amide bonds. The molecule has 106 valence electrons. The molecule has 0 unspecified atom stereocenters. The molecular weight excluding hydrogens is 276 g/mol. The van der Waals surface area contributed by atoms with Gasteiger partial charge < -0.3 is 5.32 Å². The van der Waals surface area contributed by atoms with Crippen molar-refractivity contribution in [2.75, 3.05) is 18.6 Å². The summed E-state index contributed by atoms with van der Waals surface area (Å²) < 4.78 is 22.1. The van der Waals surface area contributed by atoms with E-state index in [-0.39, 0.29) is 18.2 Å². The Balaban J connectivity index is 2.19. The molecule has 0 aliphatic carbocycles. The van der Waals surface area contributed by atoms with Gasteiger partial charge in [-0.3, -0.25) is 9.78 Å². The standard InChI is InChI=1S/C14H16N2O3S/c1-10-12(14(17)15-7-8-20(2,18)19)9-11-5-3-4-6-13(11)16-10/h3-6,9H,7-8H2,1-2H3,(H,15,17). The zero-order chi connectivity index (χ0) is 14.8. The SMILES string of the molecule is Cc1nc2ccccc2cc1C(=O)NCCS(C)(=O)=O. The number of benzene rings is 1. The van der Waals surface area contributed by atoms with Crippen LogP contribution >= 0.6 is 0 Å². The number of fused-ring (bicyclic) bond motifs is 1. The minimum absolute atomic E-state index is 0.0706. The molecule has 0 bridgehead atoms. The number of pyridine rings is 1. The van der Waals surface area contributed by atoms with E-state index in [4.69, 9.17) is 0 Å². The summed E-state index contributed by atoms with van der Waals surface area (Å²) in [6.45, 7) is 1.86. The largest absolute Gasteiger partial charge is 0.351 e. The number of nitrogens with zero attached hydrogens (tertiary/aromatic N) is 1. The molecule has 2 aromatic rings. The zero-order valence-corrected chi connectivity index (χ0v) is 12.2. The van der Waals surface area contributed by atoms with Crippen LogP contribution in [0.25, 0.3) is 10.9 Å². The molecule has 0 aliphatic rings. The maximum absolute atomic E-state index is 12.0. The van der Waals surface area contributed by atoms with Gasteiger partial charge in [-0.1, -0.05) is 18.2 Å². The Bertz CT molecular complexity index is 754.